The Morgan fingerprint density at radius 1 is 0.571 bits per heavy atom. The van der Waals surface area contributed by atoms with E-state index >= 15 is 0 Å². The van der Waals surface area contributed by atoms with Gasteiger partial charge < -0.3 is 5.73 Å². The maximum absolute atomic E-state index is 5.75. The summed E-state index contributed by atoms with van der Waals surface area (Å²) in [5, 5.41) is 0. The van der Waals surface area contributed by atoms with Crippen molar-refractivity contribution in [2.24, 2.45) is 5.73 Å². The highest BCUT2D eigenvalue weighted by Crippen LogP contribution is 2.13. The van der Waals surface area contributed by atoms with Crippen LogP contribution >= 0.6 is 12.4 Å². The highest BCUT2D eigenvalue weighted by Gasteiger charge is 1.95. The summed E-state index contributed by atoms with van der Waals surface area (Å²) in [6.45, 7) is 4.41. The average Bonchev–Trinajstić information content (AvgIpc) is 2.43. The number of hydrogen-bond donors (Lipinski definition) is 1. The molecule has 1 unspecified atom stereocenters. The van der Waals surface area contributed by atoms with Gasteiger partial charge in [0.15, 0.2) is 0 Å². The first kappa shape index (κ1) is 23.5. The Kier molecular flexibility index (Phi) is 22.7. The van der Waals surface area contributed by atoms with Gasteiger partial charge in [0.2, 0.25) is 0 Å². The van der Waals surface area contributed by atoms with Crippen molar-refractivity contribution >= 4 is 12.4 Å². The van der Waals surface area contributed by atoms with Crippen molar-refractivity contribution in [3.63, 3.8) is 0 Å². The SMILES string of the molecule is CCCCCCCCCCCCCCCCCC(C)N.Cl. The van der Waals surface area contributed by atoms with Crippen molar-refractivity contribution in [3.05, 3.63) is 0 Å². The summed E-state index contributed by atoms with van der Waals surface area (Å²) in [6.07, 6.45) is 22.8. The average molecular weight is 320 g/mol. The van der Waals surface area contributed by atoms with Gasteiger partial charge in [-0.15, -0.1) is 12.4 Å². The van der Waals surface area contributed by atoms with Gasteiger partial charge in [-0.2, -0.15) is 0 Å². The number of halogens is 1. The van der Waals surface area contributed by atoms with Crippen molar-refractivity contribution in [1.29, 1.82) is 0 Å². The molecular formula is C19H42ClN. The van der Waals surface area contributed by atoms with E-state index in [1.165, 1.54) is 103 Å². The third-order valence-corrected chi connectivity index (χ3v) is 4.26. The van der Waals surface area contributed by atoms with Crippen LogP contribution < -0.4 is 5.73 Å². The zero-order valence-corrected chi connectivity index (χ0v) is 15.7. The monoisotopic (exact) mass is 319 g/mol. The van der Waals surface area contributed by atoms with Crippen LogP contribution in [0.4, 0.5) is 0 Å². The van der Waals surface area contributed by atoms with Gasteiger partial charge in [-0.05, 0) is 13.3 Å². The maximum atomic E-state index is 5.75. The third kappa shape index (κ3) is 22.7. The Morgan fingerprint density at radius 2 is 0.857 bits per heavy atom. The maximum Gasteiger partial charge on any atom is 0.00104 e. The molecule has 2 N–H and O–H groups in total. The lowest BCUT2D eigenvalue weighted by Gasteiger charge is -2.05. The molecular weight excluding hydrogens is 278 g/mol. The molecule has 0 saturated heterocycles. The predicted octanol–water partition coefficient (Wildman–Crippen LogP) is 7.02. The second kappa shape index (κ2) is 20.2. The van der Waals surface area contributed by atoms with Crippen LogP contribution in [0.3, 0.4) is 0 Å². The topological polar surface area (TPSA) is 26.0 Å². The van der Waals surface area contributed by atoms with Gasteiger partial charge in [0.1, 0.15) is 0 Å². The smallest absolute Gasteiger partial charge is 0.00104 e. The molecule has 0 aliphatic rings. The number of rotatable bonds is 16. The quantitative estimate of drug-likeness (QED) is 0.304. The van der Waals surface area contributed by atoms with E-state index in [0.29, 0.717) is 6.04 Å². The van der Waals surface area contributed by atoms with E-state index in [2.05, 4.69) is 13.8 Å². The van der Waals surface area contributed by atoms with E-state index in [9.17, 15) is 0 Å². The molecule has 0 aliphatic carbocycles. The zero-order chi connectivity index (χ0) is 14.9. The molecule has 0 aromatic rings. The largest absolute Gasteiger partial charge is 0.328 e. The number of hydrogen-bond acceptors (Lipinski definition) is 1. The minimum absolute atomic E-state index is 0. The van der Waals surface area contributed by atoms with Crippen LogP contribution in [0.25, 0.3) is 0 Å². The molecule has 0 aliphatic heterocycles. The van der Waals surface area contributed by atoms with Crippen LogP contribution in [0.2, 0.25) is 0 Å². The second-order valence-corrected chi connectivity index (χ2v) is 6.72. The molecule has 2 heteroatoms. The Labute approximate surface area is 141 Å². The molecule has 1 atom stereocenters. The van der Waals surface area contributed by atoms with Crippen molar-refractivity contribution in [3.8, 4) is 0 Å². The first-order chi connectivity index (χ1) is 9.77. The minimum atomic E-state index is 0. The van der Waals surface area contributed by atoms with Crippen molar-refractivity contribution < 1.29 is 0 Å². The number of unbranched alkanes of at least 4 members (excludes halogenated alkanes) is 14. The van der Waals surface area contributed by atoms with Crippen LogP contribution in [0.5, 0.6) is 0 Å². The summed E-state index contributed by atoms with van der Waals surface area (Å²) >= 11 is 0. The Balaban J connectivity index is 0. The first-order valence-electron chi connectivity index (χ1n) is 9.53. The van der Waals surface area contributed by atoms with Gasteiger partial charge in [-0.25, -0.2) is 0 Å². The molecule has 0 saturated carbocycles. The Bertz CT molecular complexity index is 171. The lowest BCUT2D eigenvalue weighted by atomic mass is 10.0. The lowest BCUT2D eigenvalue weighted by molar-refractivity contribution is 0.522. The summed E-state index contributed by atoms with van der Waals surface area (Å²) in [4.78, 5) is 0. The third-order valence-electron chi connectivity index (χ3n) is 4.26. The highest BCUT2D eigenvalue weighted by molar-refractivity contribution is 5.85. The molecule has 0 rings (SSSR count). The summed E-state index contributed by atoms with van der Waals surface area (Å²) in [5.74, 6) is 0. The van der Waals surface area contributed by atoms with Gasteiger partial charge in [0, 0.05) is 6.04 Å². The van der Waals surface area contributed by atoms with E-state index < -0.39 is 0 Å². The van der Waals surface area contributed by atoms with Gasteiger partial charge in [0.25, 0.3) is 0 Å². The molecule has 0 aromatic heterocycles. The van der Waals surface area contributed by atoms with E-state index in [4.69, 9.17) is 5.73 Å². The fourth-order valence-electron chi connectivity index (χ4n) is 2.84. The number of nitrogens with two attached hydrogens (primary N) is 1. The van der Waals surface area contributed by atoms with Crippen LogP contribution in [0.15, 0.2) is 0 Å². The standard InChI is InChI=1S/C19H41N.ClH/c1-3-4-5-6-7-8-9-10-11-12-13-14-15-16-17-18-19(2)20;/h19H,3-18,20H2,1-2H3;1H. The molecule has 21 heavy (non-hydrogen) atoms. The first-order valence-corrected chi connectivity index (χ1v) is 9.53. The normalized spacial score (nSPS) is 12.1. The van der Waals surface area contributed by atoms with Gasteiger partial charge in [-0.3, -0.25) is 0 Å². The Hall–Kier alpha value is 0.250. The summed E-state index contributed by atoms with van der Waals surface area (Å²) in [6, 6.07) is 0.400. The molecule has 130 valence electrons. The lowest BCUT2D eigenvalue weighted by Crippen LogP contribution is -2.13. The van der Waals surface area contributed by atoms with Gasteiger partial charge in [0.05, 0.1) is 0 Å². The van der Waals surface area contributed by atoms with Crippen LogP contribution in [-0.4, -0.2) is 6.04 Å². The summed E-state index contributed by atoms with van der Waals surface area (Å²) in [7, 11) is 0. The van der Waals surface area contributed by atoms with Crippen LogP contribution in [-0.2, 0) is 0 Å². The van der Waals surface area contributed by atoms with Crippen molar-refractivity contribution in [2.75, 3.05) is 0 Å². The minimum Gasteiger partial charge on any atom is -0.328 e. The predicted molar refractivity (Wildman–Crippen MR) is 100 cm³/mol. The zero-order valence-electron chi connectivity index (χ0n) is 14.9. The molecule has 0 bridgehead atoms. The van der Waals surface area contributed by atoms with E-state index in [-0.39, 0.29) is 12.4 Å². The van der Waals surface area contributed by atoms with E-state index in [1.54, 1.807) is 0 Å². The van der Waals surface area contributed by atoms with Crippen LogP contribution in [0, 0.1) is 0 Å². The summed E-state index contributed by atoms with van der Waals surface area (Å²) in [5.41, 5.74) is 5.75. The molecule has 0 radical (unpaired) electrons. The highest BCUT2D eigenvalue weighted by atomic mass is 35.5. The van der Waals surface area contributed by atoms with Crippen molar-refractivity contribution in [1.82, 2.24) is 0 Å². The Morgan fingerprint density at radius 3 is 1.14 bits per heavy atom. The molecule has 0 aromatic carbocycles. The second-order valence-electron chi connectivity index (χ2n) is 6.72. The fraction of sp³-hybridized carbons (Fsp3) is 1.00. The van der Waals surface area contributed by atoms with Crippen LogP contribution in [0.1, 0.15) is 117 Å². The molecule has 0 heterocycles. The summed E-state index contributed by atoms with van der Waals surface area (Å²) < 4.78 is 0. The molecule has 0 spiro atoms. The molecule has 1 nitrogen and oxygen atoms in total. The van der Waals surface area contributed by atoms with Crippen molar-refractivity contribution in [2.45, 2.75) is 123 Å². The molecule has 0 fully saturated rings. The van der Waals surface area contributed by atoms with E-state index in [0.717, 1.165) is 0 Å². The van der Waals surface area contributed by atoms with Gasteiger partial charge in [-0.1, -0.05) is 103 Å². The fourth-order valence-corrected chi connectivity index (χ4v) is 2.84. The van der Waals surface area contributed by atoms with E-state index in [1.807, 2.05) is 0 Å². The molecule has 0 amide bonds. The van der Waals surface area contributed by atoms with Gasteiger partial charge >= 0.3 is 0 Å².